The third-order valence-corrected chi connectivity index (χ3v) is 8.50. The van der Waals surface area contributed by atoms with E-state index >= 15 is 0 Å². The fraction of sp³-hybridized carbons (Fsp3) is 0.324. The topological polar surface area (TPSA) is 166 Å². The van der Waals surface area contributed by atoms with Crippen molar-refractivity contribution < 1.29 is 46.5 Å². The molecule has 2 aromatic carbocycles. The summed E-state index contributed by atoms with van der Waals surface area (Å²) >= 11 is 0. The van der Waals surface area contributed by atoms with Crippen molar-refractivity contribution in [3.05, 3.63) is 83.4 Å². The summed E-state index contributed by atoms with van der Waals surface area (Å²) in [4.78, 5) is 46.4. The average molecular weight is 682 g/mol. The number of aromatic nitrogens is 2. The molecule has 0 spiro atoms. The van der Waals surface area contributed by atoms with Crippen molar-refractivity contribution in [2.45, 2.75) is 49.5 Å². The van der Waals surface area contributed by atoms with Crippen molar-refractivity contribution in [3.63, 3.8) is 0 Å². The minimum absolute atomic E-state index is 0.0248. The summed E-state index contributed by atoms with van der Waals surface area (Å²) in [6.07, 6.45) is -2.45. The Balaban J connectivity index is 1.39. The summed E-state index contributed by atoms with van der Waals surface area (Å²) in [6.45, 7) is -0.414. The Hall–Kier alpha value is -5.31. The lowest BCUT2D eigenvalue weighted by molar-refractivity contribution is -0.265. The number of carbonyl (C=O) groups excluding carboxylic acids is 3. The first-order chi connectivity index (χ1) is 23.2. The maximum Gasteiger partial charge on any atom is 0.424 e. The summed E-state index contributed by atoms with van der Waals surface area (Å²) in [7, 11) is 0. The highest BCUT2D eigenvalue weighted by molar-refractivity contribution is 6.00. The van der Waals surface area contributed by atoms with Gasteiger partial charge in [-0.15, -0.1) is 0 Å². The molecule has 0 saturated heterocycles. The minimum atomic E-state index is -5.39. The first-order valence-corrected chi connectivity index (χ1v) is 15.3. The highest BCUT2D eigenvalue weighted by Crippen LogP contribution is 2.48. The van der Waals surface area contributed by atoms with Gasteiger partial charge in [0.15, 0.2) is 0 Å². The Morgan fingerprint density at radius 1 is 1.10 bits per heavy atom. The maximum atomic E-state index is 14.9. The molecule has 1 aliphatic carbocycles. The fourth-order valence-electron chi connectivity index (χ4n) is 5.47. The number of ether oxygens (including phenoxy) is 2. The number of fused-ring (bicyclic) bond motifs is 2. The van der Waals surface area contributed by atoms with Gasteiger partial charge in [0.1, 0.15) is 40.5 Å². The Kier molecular flexibility index (Phi) is 8.65. The number of aliphatic hydroxyl groups is 1. The van der Waals surface area contributed by atoms with Gasteiger partial charge in [-0.3, -0.25) is 19.4 Å². The molecule has 15 heteroatoms. The second-order valence-electron chi connectivity index (χ2n) is 12.2. The molecule has 1 unspecified atom stereocenters. The quantitative estimate of drug-likeness (QED) is 0.174. The van der Waals surface area contributed by atoms with Gasteiger partial charge in [-0.05, 0) is 68.3 Å². The zero-order valence-corrected chi connectivity index (χ0v) is 26.1. The van der Waals surface area contributed by atoms with E-state index in [4.69, 9.17) is 15.2 Å². The van der Waals surface area contributed by atoms with Gasteiger partial charge < -0.3 is 30.9 Å². The SMILES string of the molecule is C[C@]1(C(=O)NCCC(N)=O)COc2c1cc(C(O)(CNC(=O)c1cc(OC3CC3)c3ncccc3c1)C(F)(F)F)nc2-c1ccc(F)cc1. The number of alkyl halides is 3. The monoisotopic (exact) mass is 681 g/mol. The van der Waals surface area contributed by atoms with Gasteiger partial charge in [-0.2, -0.15) is 13.2 Å². The Labute approximate surface area is 276 Å². The van der Waals surface area contributed by atoms with E-state index in [1.54, 1.807) is 18.3 Å². The number of hydrogen-bond acceptors (Lipinski definition) is 8. The van der Waals surface area contributed by atoms with Crippen LogP contribution in [0.1, 0.15) is 47.8 Å². The van der Waals surface area contributed by atoms with Crippen molar-refractivity contribution in [2.24, 2.45) is 5.73 Å². The lowest BCUT2D eigenvalue weighted by atomic mass is 9.81. The molecule has 49 heavy (non-hydrogen) atoms. The van der Waals surface area contributed by atoms with Gasteiger partial charge >= 0.3 is 6.18 Å². The van der Waals surface area contributed by atoms with E-state index in [1.165, 1.54) is 31.2 Å². The molecule has 3 heterocycles. The molecular weight excluding hydrogens is 650 g/mol. The van der Waals surface area contributed by atoms with Crippen molar-refractivity contribution in [1.82, 2.24) is 20.6 Å². The molecule has 2 aliphatic rings. The molecule has 0 radical (unpaired) electrons. The van der Waals surface area contributed by atoms with Gasteiger partial charge in [0.2, 0.25) is 17.4 Å². The Bertz CT molecular complexity index is 1950. The molecule has 3 amide bonds. The van der Waals surface area contributed by atoms with Crippen LogP contribution < -0.4 is 25.8 Å². The van der Waals surface area contributed by atoms with Gasteiger partial charge in [0.05, 0.1) is 18.3 Å². The number of rotatable bonds is 11. The second kappa shape index (κ2) is 12.6. The summed E-state index contributed by atoms with van der Waals surface area (Å²) in [5.74, 6) is -2.67. The fourth-order valence-corrected chi connectivity index (χ4v) is 5.47. The van der Waals surface area contributed by atoms with Crippen LogP contribution >= 0.6 is 0 Å². The lowest BCUT2D eigenvalue weighted by Gasteiger charge is -2.31. The van der Waals surface area contributed by atoms with Crippen LogP contribution in [-0.4, -0.2) is 64.8 Å². The predicted molar refractivity (Wildman–Crippen MR) is 167 cm³/mol. The molecule has 11 nitrogen and oxygen atoms in total. The molecule has 1 saturated carbocycles. The highest BCUT2D eigenvalue weighted by Gasteiger charge is 2.58. The van der Waals surface area contributed by atoms with Gasteiger partial charge in [-0.1, -0.05) is 6.07 Å². The number of carbonyl (C=O) groups is 3. The summed E-state index contributed by atoms with van der Waals surface area (Å²) in [6, 6.07) is 11.7. The minimum Gasteiger partial charge on any atom is -0.489 e. The van der Waals surface area contributed by atoms with Crippen LogP contribution in [0.25, 0.3) is 22.2 Å². The summed E-state index contributed by atoms with van der Waals surface area (Å²) < 4.78 is 70.3. The van der Waals surface area contributed by atoms with Gasteiger partial charge in [0, 0.05) is 41.2 Å². The number of amides is 3. The molecular formula is C34H31F4N5O6. The number of hydrogen-bond donors (Lipinski definition) is 4. The number of primary amides is 1. The van der Waals surface area contributed by atoms with Crippen LogP contribution in [0.2, 0.25) is 0 Å². The van der Waals surface area contributed by atoms with Crippen molar-refractivity contribution >= 4 is 28.6 Å². The molecule has 6 rings (SSSR count). The average Bonchev–Trinajstić information content (AvgIpc) is 3.82. The largest absolute Gasteiger partial charge is 0.489 e. The third kappa shape index (κ3) is 6.57. The van der Waals surface area contributed by atoms with E-state index < -0.39 is 53.0 Å². The smallest absolute Gasteiger partial charge is 0.424 e. The lowest BCUT2D eigenvalue weighted by Crippen LogP contribution is -2.52. The van der Waals surface area contributed by atoms with Crippen LogP contribution in [0.15, 0.2) is 60.8 Å². The highest BCUT2D eigenvalue weighted by atomic mass is 19.4. The number of nitrogens with two attached hydrogens (primary N) is 1. The van der Waals surface area contributed by atoms with Crippen LogP contribution in [0.4, 0.5) is 17.6 Å². The number of benzene rings is 2. The first kappa shape index (κ1) is 33.6. The maximum absolute atomic E-state index is 14.9. The number of nitrogens with zero attached hydrogens (tertiary/aromatic N) is 2. The first-order valence-electron chi connectivity index (χ1n) is 15.3. The van der Waals surface area contributed by atoms with Crippen LogP contribution in [0, 0.1) is 5.82 Å². The van der Waals surface area contributed by atoms with Crippen molar-refractivity contribution in [2.75, 3.05) is 19.7 Å². The molecule has 1 fully saturated rings. The molecule has 2 atom stereocenters. The normalized spacial score (nSPS) is 18.2. The van der Waals surface area contributed by atoms with E-state index in [0.29, 0.717) is 16.7 Å². The van der Waals surface area contributed by atoms with Crippen molar-refractivity contribution in [3.8, 4) is 22.8 Å². The van der Waals surface area contributed by atoms with Crippen LogP contribution in [-0.2, 0) is 20.6 Å². The molecule has 1 aliphatic heterocycles. The van der Waals surface area contributed by atoms with Gasteiger partial charge in [-0.25, -0.2) is 9.37 Å². The van der Waals surface area contributed by atoms with E-state index in [0.717, 1.165) is 31.0 Å². The second-order valence-corrected chi connectivity index (χ2v) is 12.2. The van der Waals surface area contributed by atoms with Crippen LogP contribution in [0.5, 0.6) is 11.5 Å². The van der Waals surface area contributed by atoms with E-state index in [-0.39, 0.29) is 53.8 Å². The molecule has 0 bridgehead atoms. The molecule has 5 N–H and O–H groups in total. The predicted octanol–water partition coefficient (Wildman–Crippen LogP) is 3.80. The van der Waals surface area contributed by atoms with Gasteiger partial charge in [0.25, 0.3) is 5.91 Å². The Morgan fingerprint density at radius 2 is 1.84 bits per heavy atom. The summed E-state index contributed by atoms with van der Waals surface area (Å²) in [5, 5.41) is 16.7. The molecule has 256 valence electrons. The number of nitrogens with one attached hydrogen (secondary N) is 2. The number of pyridine rings is 2. The zero-order valence-electron chi connectivity index (χ0n) is 26.1. The van der Waals surface area contributed by atoms with E-state index in [9.17, 15) is 37.1 Å². The third-order valence-electron chi connectivity index (χ3n) is 8.50. The van der Waals surface area contributed by atoms with Crippen molar-refractivity contribution in [1.29, 1.82) is 0 Å². The van der Waals surface area contributed by atoms with E-state index in [1.807, 2.05) is 0 Å². The summed E-state index contributed by atoms with van der Waals surface area (Å²) in [5.41, 5.74) is -0.808. The molecule has 4 aromatic rings. The van der Waals surface area contributed by atoms with E-state index in [2.05, 4.69) is 20.6 Å². The number of halogens is 4. The standard InChI is InChI=1S/C34H31F4N5O6/c1-32(31(46)41-12-10-26(39)44)17-48-29-23(32)15-25(43-28(29)18-4-6-21(35)7-5-18)33(47,34(36,37)38)16-42-30(45)20-13-19-3-2-11-40-27(19)24(14-20)49-22-8-9-22/h2-7,11,13-15,22,47H,8-10,12,16-17H2,1H3,(H2,39,44)(H,41,46)(H,42,45)/t32-,33?/m0/s1. The Morgan fingerprint density at radius 3 is 2.51 bits per heavy atom. The molecule has 2 aromatic heterocycles. The zero-order chi connectivity index (χ0) is 35.1. The van der Waals surface area contributed by atoms with Crippen LogP contribution in [0.3, 0.4) is 0 Å².